The lowest BCUT2D eigenvalue weighted by Crippen LogP contribution is -2.42. The highest BCUT2D eigenvalue weighted by molar-refractivity contribution is 6.09. The summed E-state index contributed by atoms with van der Waals surface area (Å²) in [6.45, 7) is 0.259. The van der Waals surface area contributed by atoms with Gasteiger partial charge in [-0.15, -0.1) is 0 Å². The van der Waals surface area contributed by atoms with Crippen LogP contribution in [0.2, 0.25) is 0 Å². The summed E-state index contributed by atoms with van der Waals surface area (Å²) in [4.78, 5) is 32.8. The van der Waals surface area contributed by atoms with E-state index in [1.807, 2.05) is 18.2 Å². The number of hydrogen-bond donors (Lipinski definition) is 1. The highest BCUT2D eigenvalue weighted by atomic mass is 19.4. The van der Waals surface area contributed by atoms with Crippen molar-refractivity contribution in [3.63, 3.8) is 0 Å². The summed E-state index contributed by atoms with van der Waals surface area (Å²) in [6, 6.07) is 11.6. The standard InChI is InChI=1S/C25H17F3N6O/c1-33-13-14-11-30-20-8-7-19(18-12-31-23-17(18)6-3-9-29-23)32-21(20)22(14)34(24(33)35)16-5-2-4-15(10-16)25(26,27)28/h2-12H,13H2,1H3,(H,29,31). The molecule has 0 radical (unpaired) electrons. The quantitative estimate of drug-likeness (QED) is 0.346. The van der Waals surface area contributed by atoms with E-state index in [0.29, 0.717) is 33.6 Å². The molecule has 1 aliphatic heterocycles. The molecule has 174 valence electrons. The summed E-state index contributed by atoms with van der Waals surface area (Å²) in [6.07, 6.45) is 0.584. The number of H-pyrrole nitrogens is 1. The molecule has 0 unspecified atom stereocenters. The Bertz CT molecular complexity index is 1630. The number of hydrogen-bond acceptors (Lipinski definition) is 4. The number of nitrogens with one attached hydrogen (secondary N) is 1. The number of carbonyl (C=O) groups excluding carboxylic acids is 1. The first-order valence-electron chi connectivity index (χ1n) is 10.7. The third-order valence-electron chi connectivity index (χ3n) is 6.07. The predicted molar refractivity (Wildman–Crippen MR) is 125 cm³/mol. The summed E-state index contributed by atoms with van der Waals surface area (Å²) < 4.78 is 40.4. The molecule has 0 fully saturated rings. The van der Waals surface area contributed by atoms with E-state index >= 15 is 0 Å². The molecular weight excluding hydrogens is 457 g/mol. The molecule has 35 heavy (non-hydrogen) atoms. The molecule has 0 saturated carbocycles. The molecule has 0 saturated heterocycles. The van der Waals surface area contributed by atoms with Crippen LogP contribution < -0.4 is 4.90 Å². The Balaban J connectivity index is 1.59. The van der Waals surface area contributed by atoms with E-state index in [1.54, 1.807) is 31.7 Å². The van der Waals surface area contributed by atoms with E-state index in [-0.39, 0.29) is 12.2 Å². The second-order valence-corrected chi connectivity index (χ2v) is 8.32. The van der Waals surface area contributed by atoms with Gasteiger partial charge in [-0.3, -0.25) is 9.88 Å². The number of amides is 2. The van der Waals surface area contributed by atoms with Gasteiger partial charge < -0.3 is 9.88 Å². The zero-order chi connectivity index (χ0) is 24.3. The number of alkyl halides is 3. The van der Waals surface area contributed by atoms with Crippen LogP contribution in [-0.2, 0) is 12.7 Å². The van der Waals surface area contributed by atoms with Crippen molar-refractivity contribution in [2.45, 2.75) is 12.7 Å². The molecule has 1 N–H and O–H groups in total. The van der Waals surface area contributed by atoms with Crippen LogP contribution in [0.1, 0.15) is 11.1 Å². The first-order chi connectivity index (χ1) is 16.8. The summed E-state index contributed by atoms with van der Waals surface area (Å²) in [5.41, 5.74) is 3.49. The summed E-state index contributed by atoms with van der Waals surface area (Å²) >= 11 is 0. The lowest BCUT2D eigenvalue weighted by Gasteiger charge is -2.35. The first-order valence-corrected chi connectivity index (χ1v) is 10.7. The Hall–Kier alpha value is -4.47. The molecule has 4 aromatic heterocycles. The van der Waals surface area contributed by atoms with Crippen molar-refractivity contribution in [2.75, 3.05) is 11.9 Å². The van der Waals surface area contributed by atoms with Gasteiger partial charge in [0.1, 0.15) is 11.2 Å². The van der Waals surface area contributed by atoms with Crippen LogP contribution in [0.25, 0.3) is 33.3 Å². The predicted octanol–water partition coefficient (Wildman–Crippen LogP) is 5.90. The lowest BCUT2D eigenvalue weighted by molar-refractivity contribution is -0.137. The van der Waals surface area contributed by atoms with Crippen LogP contribution in [0.4, 0.5) is 29.3 Å². The molecule has 0 bridgehead atoms. The highest BCUT2D eigenvalue weighted by Gasteiger charge is 2.35. The minimum atomic E-state index is -4.54. The third-order valence-corrected chi connectivity index (χ3v) is 6.07. The third kappa shape index (κ3) is 3.37. The number of pyridine rings is 3. The maximum absolute atomic E-state index is 13.5. The second kappa shape index (κ2) is 7.52. The van der Waals surface area contributed by atoms with E-state index in [2.05, 4.69) is 15.0 Å². The maximum Gasteiger partial charge on any atom is 0.416 e. The largest absolute Gasteiger partial charge is 0.416 e. The van der Waals surface area contributed by atoms with Crippen LogP contribution >= 0.6 is 0 Å². The van der Waals surface area contributed by atoms with E-state index in [0.717, 1.165) is 23.1 Å². The summed E-state index contributed by atoms with van der Waals surface area (Å²) in [5, 5.41) is 0.877. The smallest absolute Gasteiger partial charge is 0.345 e. The van der Waals surface area contributed by atoms with Gasteiger partial charge in [-0.05, 0) is 42.5 Å². The number of nitrogens with zero attached hydrogens (tertiary/aromatic N) is 5. The minimum Gasteiger partial charge on any atom is -0.345 e. The van der Waals surface area contributed by atoms with Gasteiger partial charge in [-0.25, -0.2) is 14.8 Å². The normalized spacial score (nSPS) is 14.1. The van der Waals surface area contributed by atoms with Gasteiger partial charge in [0.15, 0.2) is 0 Å². The zero-order valence-electron chi connectivity index (χ0n) is 18.3. The van der Waals surface area contributed by atoms with Crippen molar-refractivity contribution in [3.8, 4) is 11.3 Å². The van der Waals surface area contributed by atoms with E-state index in [9.17, 15) is 18.0 Å². The molecule has 1 aromatic carbocycles. The number of aromatic amines is 1. The van der Waals surface area contributed by atoms with Crippen LogP contribution in [0, 0.1) is 0 Å². The number of fused-ring (bicyclic) bond motifs is 4. The van der Waals surface area contributed by atoms with Crippen molar-refractivity contribution in [2.24, 2.45) is 0 Å². The SMILES string of the molecule is CN1Cc2cnc3ccc(-c4c[nH]c5ncccc45)nc3c2N(c2cccc(C(F)(F)F)c2)C1=O. The van der Waals surface area contributed by atoms with Crippen LogP contribution in [0.3, 0.4) is 0 Å². The number of anilines is 2. The molecule has 0 atom stereocenters. The molecule has 5 heterocycles. The number of aromatic nitrogens is 4. The summed E-state index contributed by atoms with van der Waals surface area (Å²) in [7, 11) is 1.60. The molecule has 1 aliphatic rings. The van der Waals surface area contributed by atoms with Gasteiger partial charge in [0.25, 0.3) is 0 Å². The fourth-order valence-corrected chi connectivity index (χ4v) is 4.42. The van der Waals surface area contributed by atoms with Crippen molar-refractivity contribution in [1.82, 2.24) is 24.8 Å². The first kappa shape index (κ1) is 21.1. The molecule has 6 rings (SSSR count). The lowest BCUT2D eigenvalue weighted by atomic mass is 10.1. The Morgan fingerprint density at radius 1 is 1.06 bits per heavy atom. The van der Waals surface area contributed by atoms with Gasteiger partial charge in [0.2, 0.25) is 0 Å². The van der Waals surface area contributed by atoms with Gasteiger partial charge in [-0.2, -0.15) is 13.2 Å². The molecule has 0 spiro atoms. The number of benzene rings is 1. The van der Waals surface area contributed by atoms with Crippen molar-refractivity contribution in [3.05, 3.63) is 78.2 Å². The van der Waals surface area contributed by atoms with Gasteiger partial charge in [0.05, 0.1) is 34.7 Å². The Morgan fingerprint density at radius 3 is 2.74 bits per heavy atom. The number of urea groups is 1. The fourth-order valence-electron chi connectivity index (χ4n) is 4.42. The van der Waals surface area contributed by atoms with E-state index in [4.69, 9.17) is 4.98 Å². The van der Waals surface area contributed by atoms with Crippen molar-refractivity contribution < 1.29 is 18.0 Å². The molecule has 5 aromatic rings. The van der Waals surface area contributed by atoms with Crippen molar-refractivity contribution >= 4 is 39.5 Å². The Labute approximate surface area is 196 Å². The van der Waals surface area contributed by atoms with Gasteiger partial charge >= 0.3 is 12.2 Å². The van der Waals surface area contributed by atoms with E-state index < -0.39 is 17.8 Å². The van der Waals surface area contributed by atoms with Crippen LogP contribution in [0.15, 0.2) is 67.1 Å². The van der Waals surface area contributed by atoms with Gasteiger partial charge in [0, 0.05) is 42.2 Å². The average Bonchev–Trinajstić information content (AvgIpc) is 3.28. The average molecular weight is 474 g/mol. The fraction of sp³-hybridized carbons (Fsp3) is 0.120. The van der Waals surface area contributed by atoms with Crippen LogP contribution in [0.5, 0.6) is 0 Å². The minimum absolute atomic E-state index is 0.105. The molecule has 0 aliphatic carbocycles. The molecule has 2 amide bonds. The molecule has 7 nitrogen and oxygen atoms in total. The molecule has 10 heteroatoms. The van der Waals surface area contributed by atoms with Crippen molar-refractivity contribution in [1.29, 1.82) is 0 Å². The van der Waals surface area contributed by atoms with Gasteiger partial charge in [-0.1, -0.05) is 6.07 Å². The number of rotatable bonds is 2. The second-order valence-electron chi connectivity index (χ2n) is 8.32. The monoisotopic (exact) mass is 474 g/mol. The van der Waals surface area contributed by atoms with Crippen LogP contribution in [-0.4, -0.2) is 37.9 Å². The highest BCUT2D eigenvalue weighted by Crippen LogP contribution is 2.41. The Kier molecular flexibility index (Phi) is 4.53. The topological polar surface area (TPSA) is 78.0 Å². The zero-order valence-corrected chi connectivity index (χ0v) is 18.3. The molecular formula is C25H17F3N6O. The Morgan fingerprint density at radius 2 is 1.91 bits per heavy atom. The summed E-state index contributed by atoms with van der Waals surface area (Å²) in [5.74, 6) is 0. The number of carbonyl (C=O) groups is 1. The van der Waals surface area contributed by atoms with E-state index in [1.165, 1.54) is 21.9 Å². The number of halogens is 3. The maximum atomic E-state index is 13.5.